The Morgan fingerprint density at radius 2 is 1.72 bits per heavy atom. The lowest BCUT2D eigenvalue weighted by molar-refractivity contribution is -0.124. The highest BCUT2D eigenvalue weighted by molar-refractivity contribution is 7.80. The molecule has 4 rings (SSSR count). The zero-order valence-electron chi connectivity index (χ0n) is 20.7. The molecular formula is C26H32ClN5O3S. The average molecular weight is 530 g/mol. The third kappa shape index (κ3) is 6.34. The van der Waals surface area contributed by atoms with Gasteiger partial charge in [-0.3, -0.25) is 19.4 Å². The first-order valence-electron chi connectivity index (χ1n) is 12.2. The van der Waals surface area contributed by atoms with Gasteiger partial charge in [0.1, 0.15) is 11.8 Å². The summed E-state index contributed by atoms with van der Waals surface area (Å²) in [6.07, 6.45) is -0.00212. The second-order valence-electron chi connectivity index (χ2n) is 9.00. The number of likely N-dealkylation sites (N-methyl/N-ethyl adjacent to an activating group) is 1. The Bertz CT molecular complexity index is 1070. The van der Waals surface area contributed by atoms with Crippen LogP contribution in [-0.2, 0) is 9.59 Å². The minimum atomic E-state index is -0.677. The quantitative estimate of drug-likeness (QED) is 0.500. The summed E-state index contributed by atoms with van der Waals surface area (Å²) in [5.74, 6) is 0.273. The van der Waals surface area contributed by atoms with Crippen LogP contribution in [0.25, 0.3) is 0 Å². The van der Waals surface area contributed by atoms with Crippen molar-refractivity contribution < 1.29 is 14.3 Å². The zero-order valence-corrected chi connectivity index (χ0v) is 22.2. The van der Waals surface area contributed by atoms with Gasteiger partial charge in [0.2, 0.25) is 5.91 Å². The van der Waals surface area contributed by atoms with E-state index in [1.54, 1.807) is 24.3 Å². The van der Waals surface area contributed by atoms with Crippen LogP contribution in [0.4, 0.5) is 11.4 Å². The number of ether oxygens (including phenoxy) is 1. The summed E-state index contributed by atoms with van der Waals surface area (Å²) in [5, 5.41) is 3.88. The molecule has 1 unspecified atom stereocenters. The van der Waals surface area contributed by atoms with E-state index in [0.29, 0.717) is 34.7 Å². The van der Waals surface area contributed by atoms with E-state index in [4.69, 9.17) is 28.6 Å². The molecule has 0 aromatic heterocycles. The highest BCUT2D eigenvalue weighted by atomic mass is 35.5. The van der Waals surface area contributed by atoms with Gasteiger partial charge in [-0.1, -0.05) is 11.6 Å². The summed E-state index contributed by atoms with van der Waals surface area (Å²) in [6, 6.07) is 13.5. The maximum Gasteiger partial charge on any atom is 0.256 e. The standard InChI is InChI=1S/C26H32ClN5O3S/c1-3-35-22-10-8-21(9-11-22)32-25(34)23(18-24(33)28-20-6-4-19(27)5-7-20)31(26(32)36)17-16-30-14-12-29(2)13-15-30/h4-11,23H,3,12-18H2,1-2H3,(H,28,33). The van der Waals surface area contributed by atoms with Crippen LogP contribution in [0.5, 0.6) is 5.75 Å². The molecule has 2 amide bonds. The molecule has 2 aliphatic rings. The van der Waals surface area contributed by atoms with Gasteiger partial charge in [0, 0.05) is 50.0 Å². The molecule has 2 fully saturated rings. The van der Waals surface area contributed by atoms with Gasteiger partial charge < -0.3 is 19.9 Å². The number of anilines is 2. The maximum absolute atomic E-state index is 13.6. The van der Waals surface area contributed by atoms with Crippen molar-refractivity contribution in [2.24, 2.45) is 0 Å². The predicted molar refractivity (Wildman–Crippen MR) is 147 cm³/mol. The normalized spacial score (nSPS) is 19.1. The van der Waals surface area contributed by atoms with Gasteiger partial charge in [0.05, 0.1) is 18.7 Å². The van der Waals surface area contributed by atoms with Crippen LogP contribution in [0.1, 0.15) is 13.3 Å². The van der Waals surface area contributed by atoms with Crippen LogP contribution >= 0.6 is 23.8 Å². The van der Waals surface area contributed by atoms with E-state index in [0.717, 1.165) is 38.5 Å². The number of hydrogen-bond donors (Lipinski definition) is 1. The summed E-state index contributed by atoms with van der Waals surface area (Å²) in [6.45, 7) is 7.78. The number of carbonyl (C=O) groups excluding carboxylic acids is 2. The largest absolute Gasteiger partial charge is 0.494 e. The van der Waals surface area contributed by atoms with Crippen molar-refractivity contribution in [3.8, 4) is 5.75 Å². The Hall–Kier alpha value is -2.72. The van der Waals surface area contributed by atoms with Gasteiger partial charge >= 0.3 is 0 Å². The van der Waals surface area contributed by atoms with Crippen LogP contribution in [-0.4, -0.2) is 90.6 Å². The van der Waals surface area contributed by atoms with Gasteiger partial charge in [-0.25, -0.2) is 0 Å². The fourth-order valence-electron chi connectivity index (χ4n) is 4.42. The van der Waals surface area contributed by atoms with Crippen molar-refractivity contribution in [3.63, 3.8) is 0 Å². The molecule has 2 saturated heterocycles. The van der Waals surface area contributed by atoms with E-state index in [1.165, 1.54) is 4.90 Å². The van der Waals surface area contributed by atoms with Crippen LogP contribution in [0.2, 0.25) is 5.02 Å². The monoisotopic (exact) mass is 529 g/mol. The van der Waals surface area contributed by atoms with Gasteiger partial charge in [-0.2, -0.15) is 0 Å². The summed E-state index contributed by atoms with van der Waals surface area (Å²) in [5.41, 5.74) is 1.29. The van der Waals surface area contributed by atoms with Gasteiger partial charge in [-0.05, 0) is 74.7 Å². The van der Waals surface area contributed by atoms with E-state index in [-0.39, 0.29) is 18.2 Å². The highest BCUT2D eigenvalue weighted by Crippen LogP contribution is 2.29. The first kappa shape index (κ1) is 26.3. The molecule has 192 valence electrons. The molecule has 10 heteroatoms. The average Bonchev–Trinajstić information content (AvgIpc) is 3.09. The lowest BCUT2D eigenvalue weighted by atomic mass is 10.1. The van der Waals surface area contributed by atoms with E-state index in [2.05, 4.69) is 22.2 Å². The number of amides is 2. The molecule has 8 nitrogen and oxygen atoms in total. The number of nitrogens with zero attached hydrogens (tertiary/aromatic N) is 4. The van der Waals surface area contributed by atoms with Crippen molar-refractivity contribution >= 4 is 52.1 Å². The molecule has 2 aromatic rings. The van der Waals surface area contributed by atoms with Crippen molar-refractivity contribution in [1.29, 1.82) is 0 Å². The Morgan fingerprint density at radius 3 is 2.36 bits per heavy atom. The van der Waals surface area contributed by atoms with Crippen molar-refractivity contribution in [2.75, 3.05) is 63.1 Å². The van der Waals surface area contributed by atoms with Gasteiger partial charge in [0.15, 0.2) is 5.11 Å². The lowest BCUT2D eigenvalue weighted by Gasteiger charge is -2.34. The summed E-state index contributed by atoms with van der Waals surface area (Å²) >= 11 is 11.7. The molecular weight excluding hydrogens is 498 g/mol. The van der Waals surface area contributed by atoms with E-state index in [1.807, 2.05) is 36.1 Å². The van der Waals surface area contributed by atoms with Crippen LogP contribution < -0.4 is 15.0 Å². The van der Waals surface area contributed by atoms with E-state index >= 15 is 0 Å². The topological polar surface area (TPSA) is 68.4 Å². The number of benzene rings is 2. The first-order valence-corrected chi connectivity index (χ1v) is 13.0. The Balaban J connectivity index is 1.50. The molecule has 36 heavy (non-hydrogen) atoms. The van der Waals surface area contributed by atoms with Crippen molar-refractivity contribution in [2.45, 2.75) is 19.4 Å². The Labute approximate surface area is 222 Å². The molecule has 2 aromatic carbocycles. The van der Waals surface area contributed by atoms with Crippen molar-refractivity contribution in [1.82, 2.24) is 14.7 Å². The summed E-state index contributed by atoms with van der Waals surface area (Å²) in [7, 11) is 2.12. The Kier molecular flexibility index (Phi) is 8.79. The number of piperazine rings is 1. The molecule has 0 aliphatic carbocycles. The minimum Gasteiger partial charge on any atom is -0.494 e. The van der Waals surface area contributed by atoms with Crippen LogP contribution in [0.15, 0.2) is 48.5 Å². The van der Waals surface area contributed by atoms with Crippen molar-refractivity contribution in [3.05, 3.63) is 53.6 Å². The second-order valence-corrected chi connectivity index (χ2v) is 9.80. The minimum absolute atomic E-state index is 0.00212. The molecule has 0 bridgehead atoms. The lowest BCUT2D eigenvalue weighted by Crippen LogP contribution is -2.48. The molecule has 1 atom stereocenters. The van der Waals surface area contributed by atoms with Crippen LogP contribution in [0, 0.1) is 0 Å². The highest BCUT2D eigenvalue weighted by Gasteiger charge is 2.44. The van der Waals surface area contributed by atoms with E-state index < -0.39 is 6.04 Å². The third-order valence-electron chi connectivity index (χ3n) is 6.48. The summed E-state index contributed by atoms with van der Waals surface area (Å²) in [4.78, 5) is 34.7. The second kappa shape index (κ2) is 12.0. The molecule has 1 N–H and O–H groups in total. The molecule has 2 aliphatic heterocycles. The first-order chi connectivity index (χ1) is 17.4. The van der Waals surface area contributed by atoms with Gasteiger partial charge in [0.25, 0.3) is 5.91 Å². The zero-order chi connectivity index (χ0) is 25.7. The fourth-order valence-corrected chi connectivity index (χ4v) is 4.96. The Morgan fingerprint density at radius 1 is 1.06 bits per heavy atom. The number of rotatable bonds is 9. The SMILES string of the molecule is CCOc1ccc(N2C(=O)C(CC(=O)Nc3ccc(Cl)cc3)N(CCN3CCN(C)CC3)C2=S)cc1. The number of hydrogen-bond acceptors (Lipinski definition) is 6. The molecule has 2 heterocycles. The molecule has 0 radical (unpaired) electrons. The van der Waals surface area contributed by atoms with Crippen LogP contribution in [0.3, 0.4) is 0 Å². The maximum atomic E-state index is 13.6. The number of nitrogens with one attached hydrogen (secondary N) is 1. The molecule has 0 spiro atoms. The predicted octanol–water partition coefficient (Wildman–Crippen LogP) is 3.32. The number of halogens is 1. The number of carbonyl (C=O) groups is 2. The van der Waals surface area contributed by atoms with E-state index in [9.17, 15) is 9.59 Å². The molecule has 0 saturated carbocycles. The summed E-state index contributed by atoms with van der Waals surface area (Å²) < 4.78 is 5.53. The van der Waals surface area contributed by atoms with Gasteiger partial charge in [-0.15, -0.1) is 0 Å². The smallest absolute Gasteiger partial charge is 0.256 e. The fraction of sp³-hybridized carbons (Fsp3) is 0.423. The number of thiocarbonyl (C=S) groups is 1. The third-order valence-corrected chi connectivity index (χ3v) is 7.15.